The fourth-order valence-corrected chi connectivity index (χ4v) is 6.37. The summed E-state index contributed by atoms with van der Waals surface area (Å²) >= 11 is 7.09. The summed E-state index contributed by atoms with van der Waals surface area (Å²) in [4.78, 5) is 17.7. The van der Waals surface area contributed by atoms with E-state index in [2.05, 4.69) is 15.1 Å². The van der Waals surface area contributed by atoms with Gasteiger partial charge in [0, 0.05) is 41.3 Å². The highest BCUT2D eigenvalue weighted by Gasteiger charge is 2.49. The Hall–Kier alpha value is -2.45. The van der Waals surface area contributed by atoms with Crippen LogP contribution in [0.2, 0.25) is 0 Å². The van der Waals surface area contributed by atoms with Gasteiger partial charge in [0.25, 0.3) is 10.0 Å². The van der Waals surface area contributed by atoms with Crippen molar-refractivity contribution < 1.29 is 31.2 Å². The molecule has 0 saturated carbocycles. The molecule has 1 atom stereocenters. The molecule has 2 aliphatic rings. The Labute approximate surface area is 209 Å². The molecule has 14 heteroatoms. The molecule has 0 bridgehead atoms. The molecular formula is C21H20ClF3N4O4S2. The van der Waals surface area contributed by atoms with E-state index in [1.54, 1.807) is 0 Å². The molecule has 188 valence electrons. The van der Waals surface area contributed by atoms with Crippen molar-refractivity contribution in [2.45, 2.75) is 29.2 Å². The molecular weight excluding hydrogens is 529 g/mol. The zero-order valence-corrected chi connectivity index (χ0v) is 20.3. The van der Waals surface area contributed by atoms with Gasteiger partial charge >= 0.3 is 12.1 Å². The molecule has 4 rings (SSSR count). The summed E-state index contributed by atoms with van der Waals surface area (Å²) in [6, 6.07) is 16.5. The third kappa shape index (κ3) is 5.86. The van der Waals surface area contributed by atoms with Gasteiger partial charge in [-0.3, -0.25) is 4.90 Å². The van der Waals surface area contributed by atoms with Crippen molar-refractivity contribution in [3.05, 3.63) is 77.5 Å². The van der Waals surface area contributed by atoms with Gasteiger partial charge in [-0.2, -0.15) is 13.2 Å². The van der Waals surface area contributed by atoms with Gasteiger partial charge in [0.05, 0.1) is 10.9 Å². The maximum Gasteiger partial charge on any atom is 0.492 e. The summed E-state index contributed by atoms with van der Waals surface area (Å²) in [6.07, 6.45) is -5.41. The number of carbonyl (C=O) groups is 1. The Morgan fingerprint density at radius 1 is 1.11 bits per heavy atom. The number of rotatable bonds is 8. The standard InChI is InChI=1S/C21H20ClF3N4O4S2/c22-28-18(26-16-12-27(13-16)11-15-7-3-1-4-8-15)14-34-20(28)29(33-19(30)21(23,24)25)35(31,32)17-9-5-2-6-10-17/h1-10,14,16,20,26H,11-13H2. The number of carbonyl (C=O) groups excluding carboxylic acids is 1. The second kappa shape index (κ2) is 10.3. The number of nitrogens with zero attached hydrogens (tertiary/aromatic N) is 3. The maximum absolute atomic E-state index is 13.1. The lowest BCUT2D eigenvalue weighted by atomic mass is 10.1. The highest BCUT2D eigenvalue weighted by molar-refractivity contribution is 8.03. The number of nitrogens with one attached hydrogen (secondary N) is 1. The molecule has 0 spiro atoms. The average molecular weight is 549 g/mol. The molecule has 1 fully saturated rings. The van der Waals surface area contributed by atoms with Gasteiger partial charge in [0.1, 0.15) is 5.82 Å². The highest BCUT2D eigenvalue weighted by Crippen LogP contribution is 2.38. The summed E-state index contributed by atoms with van der Waals surface area (Å²) in [5, 5.41) is 4.61. The number of hydrogen-bond donors (Lipinski definition) is 1. The predicted octanol–water partition coefficient (Wildman–Crippen LogP) is 3.46. The van der Waals surface area contributed by atoms with Crippen LogP contribution in [0.1, 0.15) is 5.56 Å². The zero-order valence-electron chi connectivity index (χ0n) is 17.9. The number of halogens is 4. The number of sulfonamides is 1. The Morgan fingerprint density at radius 3 is 2.31 bits per heavy atom. The molecule has 2 aromatic carbocycles. The maximum atomic E-state index is 13.1. The average Bonchev–Trinajstić information content (AvgIpc) is 3.16. The first-order valence-corrected chi connectivity index (χ1v) is 13.0. The van der Waals surface area contributed by atoms with E-state index < -0.39 is 27.7 Å². The van der Waals surface area contributed by atoms with Crippen LogP contribution in [0.15, 0.2) is 76.8 Å². The fourth-order valence-electron chi connectivity index (χ4n) is 3.46. The van der Waals surface area contributed by atoms with Crippen LogP contribution in [0, 0.1) is 0 Å². The van der Waals surface area contributed by atoms with Crippen molar-refractivity contribution in [1.29, 1.82) is 0 Å². The van der Waals surface area contributed by atoms with Crippen molar-refractivity contribution in [3.63, 3.8) is 0 Å². The van der Waals surface area contributed by atoms with E-state index in [1.807, 2.05) is 30.3 Å². The Balaban J connectivity index is 1.43. The van der Waals surface area contributed by atoms with Gasteiger partial charge in [-0.15, -0.1) is 0 Å². The molecule has 2 aliphatic heterocycles. The lowest BCUT2D eigenvalue weighted by Gasteiger charge is -2.41. The third-order valence-corrected chi connectivity index (χ3v) is 8.38. The molecule has 1 N–H and O–H groups in total. The summed E-state index contributed by atoms with van der Waals surface area (Å²) < 4.78 is 65.7. The van der Waals surface area contributed by atoms with Crippen molar-refractivity contribution in [1.82, 2.24) is 19.1 Å². The Morgan fingerprint density at radius 2 is 1.71 bits per heavy atom. The summed E-state index contributed by atoms with van der Waals surface area (Å²) in [6.45, 7) is 2.12. The zero-order chi connectivity index (χ0) is 25.2. The number of benzene rings is 2. The second-order valence-electron chi connectivity index (χ2n) is 7.75. The first-order chi connectivity index (χ1) is 16.6. The molecule has 35 heavy (non-hydrogen) atoms. The smallest absolute Gasteiger partial charge is 0.365 e. The van der Waals surface area contributed by atoms with Crippen LogP contribution >= 0.6 is 23.5 Å². The number of likely N-dealkylation sites (tertiary alicyclic amines) is 1. The molecule has 0 amide bonds. The minimum Gasteiger partial charge on any atom is -0.365 e. The summed E-state index contributed by atoms with van der Waals surface area (Å²) in [5.74, 6) is -2.40. The second-order valence-corrected chi connectivity index (χ2v) is 10.8. The van der Waals surface area contributed by atoms with Crippen LogP contribution in [0.5, 0.6) is 0 Å². The highest BCUT2D eigenvalue weighted by atomic mass is 35.5. The molecule has 1 unspecified atom stereocenters. The van der Waals surface area contributed by atoms with Gasteiger partial charge in [-0.1, -0.05) is 60.3 Å². The minimum absolute atomic E-state index is 0.0116. The number of hydroxylamine groups is 1. The van der Waals surface area contributed by atoms with Gasteiger partial charge in [0.2, 0.25) is 5.50 Å². The molecule has 1 saturated heterocycles. The summed E-state index contributed by atoms with van der Waals surface area (Å²) in [7, 11) is -4.69. The SMILES string of the molecule is O=C(ON(C1SC=C(NC2CN(Cc3ccccc3)C2)N1Cl)S(=O)(=O)c1ccccc1)C(F)(F)F. The van der Waals surface area contributed by atoms with E-state index in [4.69, 9.17) is 11.8 Å². The number of hydrogen-bond acceptors (Lipinski definition) is 8. The molecule has 2 aromatic rings. The minimum atomic E-state index is -5.41. The van der Waals surface area contributed by atoms with Gasteiger partial charge in [0.15, 0.2) is 0 Å². The van der Waals surface area contributed by atoms with Crippen molar-refractivity contribution in [2.75, 3.05) is 13.1 Å². The number of thioether (sulfide) groups is 1. The molecule has 0 aromatic heterocycles. The molecule has 0 aliphatic carbocycles. The Kier molecular flexibility index (Phi) is 7.52. The van der Waals surface area contributed by atoms with Gasteiger partial charge in [-0.25, -0.2) is 17.6 Å². The Bertz CT molecular complexity index is 1180. The van der Waals surface area contributed by atoms with E-state index in [-0.39, 0.29) is 21.2 Å². The molecule has 8 nitrogen and oxygen atoms in total. The van der Waals surface area contributed by atoms with E-state index in [0.717, 1.165) is 28.3 Å². The predicted molar refractivity (Wildman–Crippen MR) is 123 cm³/mol. The van der Waals surface area contributed by atoms with Gasteiger partial charge in [-0.05, 0) is 17.7 Å². The van der Waals surface area contributed by atoms with Crippen LogP contribution in [0.25, 0.3) is 0 Å². The van der Waals surface area contributed by atoms with Crippen LogP contribution in [-0.4, -0.2) is 59.0 Å². The number of alkyl halides is 3. The topological polar surface area (TPSA) is 82.2 Å². The largest absolute Gasteiger partial charge is 0.492 e. The lowest BCUT2D eigenvalue weighted by molar-refractivity contribution is -0.226. The van der Waals surface area contributed by atoms with Crippen molar-refractivity contribution in [3.8, 4) is 0 Å². The molecule has 0 radical (unpaired) electrons. The monoisotopic (exact) mass is 548 g/mol. The van der Waals surface area contributed by atoms with E-state index in [0.29, 0.717) is 13.1 Å². The lowest BCUT2D eigenvalue weighted by Crippen LogP contribution is -2.58. The van der Waals surface area contributed by atoms with E-state index in [9.17, 15) is 26.4 Å². The van der Waals surface area contributed by atoms with Crippen LogP contribution < -0.4 is 5.32 Å². The first-order valence-electron chi connectivity index (χ1n) is 10.3. The van der Waals surface area contributed by atoms with Crippen LogP contribution in [-0.2, 0) is 26.2 Å². The van der Waals surface area contributed by atoms with Gasteiger partial charge < -0.3 is 10.2 Å². The third-order valence-electron chi connectivity index (χ3n) is 5.15. The van der Waals surface area contributed by atoms with Crippen LogP contribution in [0.4, 0.5) is 13.2 Å². The van der Waals surface area contributed by atoms with Crippen molar-refractivity contribution in [2.24, 2.45) is 0 Å². The summed E-state index contributed by atoms with van der Waals surface area (Å²) in [5.41, 5.74) is -0.343. The molecule has 2 heterocycles. The van der Waals surface area contributed by atoms with Crippen molar-refractivity contribution >= 4 is 39.5 Å². The van der Waals surface area contributed by atoms with Crippen LogP contribution in [0.3, 0.4) is 0 Å². The van der Waals surface area contributed by atoms with E-state index >= 15 is 0 Å². The first kappa shape index (κ1) is 25.6. The normalized spacial score (nSPS) is 19.4. The fraction of sp³-hybridized carbons (Fsp3) is 0.286. The quantitative estimate of drug-likeness (QED) is 0.397. The van der Waals surface area contributed by atoms with E-state index in [1.165, 1.54) is 35.7 Å².